The van der Waals surface area contributed by atoms with Crippen LogP contribution in [0.2, 0.25) is 0 Å². The average molecular weight is 415 g/mol. The topological polar surface area (TPSA) is 56.8 Å². The van der Waals surface area contributed by atoms with Gasteiger partial charge in [0.1, 0.15) is 5.82 Å². The minimum absolute atomic E-state index is 0.150. The van der Waals surface area contributed by atoms with E-state index in [1.54, 1.807) is 45.6 Å². The maximum Gasteiger partial charge on any atom is 0.261 e. The second-order valence-corrected chi connectivity index (χ2v) is 7.26. The molecule has 0 saturated carbocycles. The third kappa shape index (κ3) is 4.68. The lowest BCUT2D eigenvalue weighted by molar-refractivity contribution is 0.0958. The molecular formula is C22H22FNO4S. The highest BCUT2D eigenvalue weighted by molar-refractivity contribution is 7.17. The minimum Gasteiger partial charge on any atom is -0.493 e. The van der Waals surface area contributed by atoms with Crippen molar-refractivity contribution in [1.82, 2.24) is 5.32 Å². The molecule has 0 radical (unpaired) electrons. The van der Waals surface area contributed by atoms with E-state index in [4.69, 9.17) is 14.2 Å². The summed E-state index contributed by atoms with van der Waals surface area (Å²) < 4.78 is 29.2. The minimum atomic E-state index is -0.269. The van der Waals surface area contributed by atoms with Gasteiger partial charge in [-0.3, -0.25) is 4.79 Å². The van der Waals surface area contributed by atoms with Crippen LogP contribution in [0.15, 0.2) is 48.5 Å². The van der Waals surface area contributed by atoms with Gasteiger partial charge in [-0.05, 0) is 48.4 Å². The molecule has 5 nitrogen and oxygen atoms in total. The number of hydrogen-bond acceptors (Lipinski definition) is 5. The van der Waals surface area contributed by atoms with Gasteiger partial charge in [0.2, 0.25) is 5.75 Å². The van der Waals surface area contributed by atoms with Gasteiger partial charge >= 0.3 is 0 Å². The maximum absolute atomic E-state index is 13.0. The summed E-state index contributed by atoms with van der Waals surface area (Å²) in [6.07, 6.45) is 0.633. The molecule has 1 amide bonds. The van der Waals surface area contributed by atoms with Gasteiger partial charge in [-0.2, -0.15) is 0 Å². The number of thiophene rings is 1. The molecule has 29 heavy (non-hydrogen) atoms. The summed E-state index contributed by atoms with van der Waals surface area (Å²) >= 11 is 1.37. The second kappa shape index (κ2) is 9.43. The molecule has 1 N–H and O–H groups in total. The first-order valence-corrected chi connectivity index (χ1v) is 9.80. The Kier molecular flexibility index (Phi) is 6.72. The van der Waals surface area contributed by atoms with E-state index in [1.165, 1.54) is 23.5 Å². The Morgan fingerprint density at radius 3 is 2.31 bits per heavy atom. The third-order valence-electron chi connectivity index (χ3n) is 4.41. The molecule has 2 aromatic carbocycles. The number of carbonyl (C=O) groups is 1. The molecule has 0 fully saturated rings. The van der Waals surface area contributed by atoms with Gasteiger partial charge in [0.25, 0.3) is 5.91 Å². The van der Waals surface area contributed by atoms with Crippen LogP contribution < -0.4 is 19.5 Å². The highest BCUT2D eigenvalue weighted by Crippen LogP contribution is 2.45. The van der Waals surface area contributed by atoms with E-state index >= 15 is 0 Å². The number of benzene rings is 2. The van der Waals surface area contributed by atoms with Gasteiger partial charge in [0.15, 0.2) is 11.5 Å². The van der Waals surface area contributed by atoms with Crippen LogP contribution in [0.1, 0.15) is 15.2 Å². The van der Waals surface area contributed by atoms with Gasteiger partial charge < -0.3 is 19.5 Å². The van der Waals surface area contributed by atoms with Crippen LogP contribution in [-0.4, -0.2) is 33.8 Å². The molecule has 152 valence electrons. The molecule has 3 rings (SSSR count). The van der Waals surface area contributed by atoms with E-state index < -0.39 is 0 Å². The Labute approximate surface area is 173 Å². The van der Waals surface area contributed by atoms with Crippen molar-refractivity contribution in [2.75, 3.05) is 27.9 Å². The van der Waals surface area contributed by atoms with Crippen LogP contribution >= 0.6 is 11.3 Å². The summed E-state index contributed by atoms with van der Waals surface area (Å²) in [6, 6.07) is 13.6. The molecule has 0 saturated heterocycles. The van der Waals surface area contributed by atoms with E-state index in [2.05, 4.69) is 5.32 Å². The highest BCUT2D eigenvalue weighted by atomic mass is 32.1. The number of carbonyl (C=O) groups excluding carboxylic acids is 1. The Morgan fingerprint density at radius 2 is 1.66 bits per heavy atom. The van der Waals surface area contributed by atoms with Crippen LogP contribution in [0.25, 0.3) is 10.4 Å². The highest BCUT2D eigenvalue weighted by Gasteiger charge is 2.19. The van der Waals surface area contributed by atoms with Crippen LogP contribution in [0.5, 0.6) is 17.2 Å². The number of nitrogens with one attached hydrogen (secondary N) is 1. The largest absolute Gasteiger partial charge is 0.493 e. The summed E-state index contributed by atoms with van der Waals surface area (Å²) in [5.74, 6) is 1.21. The van der Waals surface area contributed by atoms with Gasteiger partial charge in [-0.25, -0.2) is 4.39 Å². The lowest BCUT2D eigenvalue weighted by Crippen LogP contribution is -2.24. The molecule has 1 aromatic heterocycles. The summed E-state index contributed by atoms with van der Waals surface area (Å²) in [5, 5.41) is 2.90. The number of methoxy groups -OCH3 is 3. The lowest BCUT2D eigenvalue weighted by Gasteiger charge is -2.14. The molecule has 0 aliphatic carbocycles. The summed E-state index contributed by atoms with van der Waals surface area (Å²) in [7, 11) is 4.69. The van der Waals surface area contributed by atoms with Crippen LogP contribution in [0.4, 0.5) is 4.39 Å². The number of rotatable bonds is 8. The van der Waals surface area contributed by atoms with Gasteiger partial charge in [-0.1, -0.05) is 12.1 Å². The number of ether oxygens (including phenoxy) is 3. The quantitative estimate of drug-likeness (QED) is 0.586. The zero-order valence-electron chi connectivity index (χ0n) is 16.5. The molecule has 0 spiro atoms. The molecule has 0 aliphatic heterocycles. The Balaban J connectivity index is 1.71. The van der Waals surface area contributed by atoms with E-state index in [9.17, 15) is 9.18 Å². The normalized spacial score (nSPS) is 10.5. The standard InChI is InChI=1S/C22H22FNO4S/c1-26-17-9-8-16(20(27-2)21(17)28-3)18-10-11-19(29-18)22(25)24-13-12-14-4-6-15(23)7-5-14/h4-11H,12-13H2,1-3H3,(H,24,25). The average Bonchev–Trinajstić information content (AvgIpc) is 3.24. The molecule has 7 heteroatoms. The predicted octanol–water partition coefficient (Wildman–Crippen LogP) is 4.55. The molecule has 0 aliphatic rings. The maximum atomic E-state index is 13.0. The van der Waals surface area contributed by atoms with Gasteiger partial charge in [0, 0.05) is 17.0 Å². The van der Waals surface area contributed by atoms with Crippen LogP contribution in [0, 0.1) is 5.82 Å². The third-order valence-corrected chi connectivity index (χ3v) is 5.53. The van der Waals surface area contributed by atoms with E-state index in [0.29, 0.717) is 35.1 Å². The molecule has 0 bridgehead atoms. The van der Waals surface area contributed by atoms with E-state index in [-0.39, 0.29) is 11.7 Å². The Bertz CT molecular complexity index is 985. The number of amides is 1. The van der Waals surface area contributed by atoms with Crippen LogP contribution in [-0.2, 0) is 6.42 Å². The smallest absolute Gasteiger partial charge is 0.261 e. The van der Waals surface area contributed by atoms with Crippen molar-refractivity contribution in [2.45, 2.75) is 6.42 Å². The fourth-order valence-electron chi connectivity index (χ4n) is 2.96. The molecule has 0 unspecified atom stereocenters. The monoisotopic (exact) mass is 415 g/mol. The summed E-state index contributed by atoms with van der Waals surface area (Å²) in [4.78, 5) is 13.9. The van der Waals surface area contributed by atoms with E-state index in [1.807, 2.05) is 12.1 Å². The second-order valence-electron chi connectivity index (χ2n) is 6.18. The molecule has 3 aromatic rings. The first kappa shape index (κ1) is 20.7. The van der Waals surface area contributed by atoms with Crippen molar-refractivity contribution in [2.24, 2.45) is 0 Å². The number of halogens is 1. The lowest BCUT2D eigenvalue weighted by atomic mass is 10.1. The fourth-order valence-corrected chi connectivity index (χ4v) is 3.90. The van der Waals surface area contributed by atoms with Gasteiger partial charge in [-0.15, -0.1) is 11.3 Å². The van der Waals surface area contributed by atoms with Crippen molar-refractivity contribution >= 4 is 17.2 Å². The fraction of sp³-hybridized carbons (Fsp3) is 0.227. The first-order chi connectivity index (χ1) is 14.1. The number of hydrogen-bond donors (Lipinski definition) is 1. The Morgan fingerprint density at radius 1 is 0.931 bits per heavy atom. The molecular weight excluding hydrogens is 393 g/mol. The summed E-state index contributed by atoms with van der Waals surface area (Å²) in [6.45, 7) is 0.470. The SMILES string of the molecule is COc1ccc(-c2ccc(C(=O)NCCc3ccc(F)cc3)s2)c(OC)c1OC. The molecule has 0 atom stereocenters. The summed E-state index contributed by atoms with van der Waals surface area (Å²) in [5.41, 5.74) is 1.79. The van der Waals surface area contributed by atoms with Gasteiger partial charge in [0.05, 0.1) is 26.2 Å². The zero-order chi connectivity index (χ0) is 20.8. The zero-order valence-corrected chi connectivity index (χ0v) is 17.3. The van der Waals surface area contributed by atoms with Crippen molar-refractivity contribution in [3.8, 4) is 27.7 Å². The predicted molar refractivity (Wildman–Crippen MR) is 112 cm³/mol. The molecule has 1 heterocycles. The van der Waals surface area contributed by atoms with E-state index in [0.717, 1.165) is 16.0 Å². The first-order valence-electron chi connectivity index (χ1n) is 8.99. The van der Waals surface area contributed by atoms with Crippen molar-refractivity contribution < 1.29 is 23.4 Å². The Hall–Kier alpha value is -3.06. The van der Waals surface area contributed by atoms with Crippen molar-refractivity contribution in [3.63, 3.8) is 0 Å². The van der Waals surface area contributed by atoms with Crippen LogP contribution in [0.3, 0.4) is 0 Å². The van der Waals surface area contributed by atoms with Crippen molar-refractivity contribution in [1.29, 1.82) is 0 Å². The van der Waals surface area contributed by atoms with Crippen molar-refractivity contribution in [3.05, 3.63) is 64.8 Å².